The van der Waals surface area contributed by atoms with Gasteiger partial charge in [0, 0.05) is 15.0 Å². The van der Waals surface area contributed by atoms with Gasteiger partial charge in [0.2, 0.25) is 0 Å². The minimum Gasteiger partial charge on any atom is -0.307 e. The van der Waals surface area contributed by atoms with Crippen LogP contribution in [0.3, 0.4) is 0 Å². The Morgan fingerprint density at radius 2 is 1.96 bits per heavy atom. The van der Waals surface area contributed by atoms with E-state index < -0.39 is 11.7 Å². The number of anilines is 1. The molecule has 4 nitrogen and oxygen atoms in total. The third-order valence-electron chi connectivity index (χ3n) is 3.41. The van der Waals surface area contributed by atoms with E-state index in [1.165, 1.54) is 12.1 Å². The molecule has 7 heteroatoms. The van der Waals surface area contributed by atoms with Gasteiger partial charge in [0.05, 0.1) is 18.3 Å². The molecule has 3 rings (SSSR count). The Kier molecular flexibility index (Phi) is 5.11. The molecule has 1 N–H and O–H groups in total. The first-order valence-electron chi connectivity index (χ1n) is 7.06. The Bertz CT molecular complexity index is 895. The predicted molar refractivity (Wildman–Crippen MR) is 97.5 cm³/mol. The zero-order chi connectivity index (χ0) is 17.1. The summed E-state index contributed by atoms with van der Waals surface area (Å²) in [5.41, 5.74) is 0.998. The van der Waals surface area contributed by atoms with Crippen molar-refractivity contribution in [3.63, 3.8) is 0 Å². The maximum atomic E-state index is 13.9. The molecule has 0 saturated heterocycles. The lowest BCUT2D eigenvalue weighted by Gasteiger charge is -2.10. The van der Waals surface area contributed by atoms with E-state index in [0.29, 0.717) is 16.8 Å². The summed E-state index contributed by atoms with van der Waals surface area (Å²) in [6.45, 7) is 0.479. The number of nitrogens with one attached hydrogen (secondary N) is 1. The summed E-state index contributed by atoms with van der Waals surface area (Å²) in [7, 11) is 0. The maximum Gasteiger partial charge on any atom is 0.259 e. The van der Waals surface area contributed by atoms with Gasteiger partial charge in [-0.2, -0.15) is 5.10 Å². The lowest BCUT2D eigenvalue weighted by molar-refractivity contribution is 0.102. The molecule has 0 spiro atoms. The highest BCUT2D eigenvalue weighted by Crippen LogP contribution is 2.20. The van der Waals surface area contributed by atoms with E-state index in [4.69, 9.17) is 0 Å². The second-order valence-corrected chi connectivity index (χ2v) is 6.81. The fraction of sp³-hybridized carbons (Fsp3) is 0.0588. The summed E-state index contributed by atoms with van der Waals surface area (Å²) >= 11 is 6.66. The maximum absolute atomic E-state index is 13.9. The van der Waals surface area contributed by atoms with E-state index in [-0.39, 0.29) is 5.56 Å². The van der Waals surface area contributed by atoms with Crippen LogP contribution in [0.15, 0.2) is 63.7 Å². The molecule has 0 atom stereocenters. The van der Waals surface area contributed by atoms with Crippen LogP contribution in [0.2, 0.25) is 0 Å². The monoisotopic (exact) mass is 451 g/mol. The van der Waals surface area contributed by atoms with Crippen molar-refractivity contribution in [2.75, 3.05) is 5.32 Å². The van der Waals surface area contributed by atoms with Crippen LogP contribution in [0, 0.1) is 5.82 Å². The predicted octanol–water partition coefficient (Wildman–Crippen LogP) is 4.85. The van der Waals surface area contributed by atoms with Gasteiger partial charge in [-0.05, 0) is 29.8 Å². The topological polar surface area (TPSA) is 46.9 Å². The van der Waals surface area contributed by atoms with Crippen molar-refractivity contribution in [2.45, 2.75) is 6.54 Å². The second kappa shape index (κ2) is 7.27. The number of benzene rings is 2. The van der Waals surface area contributed by atoms with Crippen molar-refractivity contribution < 1.29 is 9.18 Å². The Labute approximate surface area is 154 Å². The average molecular weight is 453 g/mol. The number of amides is 1. The van der Waals surface area contributed by atoms with Crippen molar-refractivity contribution in [3.05, 3.63) is 80.6 Å². The van der Waals surface area contributed by atoms with Gasteiger partial charge in [-0.3, -0.25) is 4.79 Å². The molecule has 0 bridgehead atoms. The summed E-state index contributed by atoms with van der Waals surface area (Å²) in [5.74, 6) is -0.606. The highest BCUT2D eigenvalue weighted by atomic mass is 79.9. The van der Waals surface area contributed by atoms with Crippen molar-refractivity contribution in [1.82, 2.24) is 9.78 Å². The van der Waals surface area contributed by atoms with Crippen LogP contribution in [0.25, 0.3) is 0 Å². The van der Waals surface area contributed by atoms with Crippen molar-refractivity contribution in [2.24, 2.45) is 0 Å². The van der Waals surface area contributed by atoms with Gasteiger partial charge < -0.3 is 5.32 Å². The Hall–Kier alpha value is -1.99. The van der Waals surface area contributed by atoms with E-state index in [1.807, 2.05) is 24.3 Å². The molecule has 0 aliphatic heterocycles. The van der Waals surface area contributed by atoms with Crippen LogP contribution >= 0.6 is 31.9 Å². The molecule has 3 aromatic rings. The molecule has 2 aromatic carbocycles. The number of hydrogen-bond acceptors (Lipinski definition) is 2. The van der Waals surface area contributed by atoms with Gasteiger partial charge in [-0.15, -0.1) is 0 Å². The summed E-state index contributed by atoms with van der Waals surface area (Å²) < 4.78 is 17.1. The molecular formula is C17H12Br2FN3O. The Morgan fingerprint density at radius 3 is 2.71 bits per heavy atom. The minimum absolute atomic E-state index is 0.0214. The molecular weight excluding hydrogens is 441 g/mol. The number of nitrogens with zero attached hydrogens (tertiary/aromatic N) is 2. The lowest BCUT2D eigenvalue weighted by atomic mass is 10.2. The highest BCUT2D eigenvalue weighted by molar-refractivity contribution is 9.10. The normalized spacial score (nSPS) is 10.6. The molecule has 24 heavy (non-hydrogen) atoms. The molecule has 0 fully saturated rings. The van der Waals surface area contributed by atoms with E-state index in [0.717, 1.165) is 10.0 Å². The fourth-order valence-corrected chi connectivity index (χ4v) is 2.95. The van der Waals surface area contributed by atoms with E-state index in [1.54, 1.807) is 23.0 Å². The number of halogens is 3. The molecule has 0 radical (unpaired) electrons. The molecule has 122 valence electrons. The third kappa shape index (κ3) is 3.73. The van der Waals surface area contributed by atoms with Gasteiger partial charge >= 0.3 is 0 Å². The van der Waals surface area contributed by atoms with Crippen LogP contribution in [-0.2, 0) is 6.54 Å². The van der Waals surface area contributed by atoms with Crippen LogP contribution < -0.4 is 5.32 Å². The molecule has 0 aliphatic carbocycles. The number of carbonyl (C=O) groups excluding carboxylic acids is 1. The summed E-state index contributed by atoms with van der Waals surface area (Å²) in [4.78, 5) is 12.3. The molecule has 1 aromatic heterocycles. The Morgan fingerprint density at radius 1 is 1.17 bits per heavy atom. The first kappa shape index (κ1) is 16.9. The molecule has 1 amide bonds. The van der Waals surface area contributed by atoms with Crippen LogP contribution in [0.1, 0.15) is 15.9 Å². The smallest absolute Gasteiger partial charge is 0.259 e. The largest absolute Gasteiger partial charge is 0.307 e. The van der Waals surface area contributed by atoms with Gasteiger partial charge in [0.15, 0.2) is 0 Å². The van der Waals surface area contributed by atoms with Gasteiger partial charge in [0.25, 0.3) is 5.91 Å². The second-order valence-electron chi connectivity index (χ2n) is 5.04. The van der Waals surface area contributed by atoms with E-state index >= 15 is 0 Å². The number of hydrogen-bond donors (Lipinski definition) is 1. The molecule has 0 unspecified atom stereocenters. The SMILES string of the molecule is O=C(Nc1ccnn1Cc1ccccc1Br)c1ccc(Br)cc1F. The van der Waals surface area contributed by atoms with Crippen molar-refractivity contribution >= 4 is 43.6 Å². The van der Waals surface area contributed by atoms with E-state index in [9.17, 15) is 9.18 Å². The summed E-state index contributed by atoms with van der Waals surface area (Å²) in [6.07, 6.45) is 1.59. The molecule has 0 saturated carbocycles. The third-order valence-corrected chi connectivity index (χ3v) is 4.68. The lowest BCUT2D eigenvalue weighted by Crippen LogP contribution is -2.17. The van der Waals surface area contributed by atoms with Crippen LogP contribution in [0.4, 0.5) is 10.2 Å². The summed E-state index contributed by atoms with van der Waals surface area (Å²) in [6, 6.07) is 13.7. The van der Waals surface area contributed by atoms with Gasteiger partial charge in [-0.25, -0.2) is 9.07 Å². The van der Waals surface area contributed by atoms with Gasteiger partial charge in [-0.1, -0.05) is 50.1 Å². The first-order valence-corrected chi connectivity index (χ1v) is 8.65. The quantitative estimate of drug-likeness (QED) is 0.615. The number of rotatable bonds is 4. The summed E-state index contributed by atoms with van der Waals surface area (Å²) in [5, 5.41) is 6.91. The average Bonchev–Trinajstić information content (AvgIpc) is 2.96. The minimum atomic E-state index is -0.584. The van der Waals surface area contributed by atoms with Crippen molar-refractivity contribution in [1.29, 1.82) is 0 Å². The van der Waals surface area contributed by atoms with Crippen molar-refractivity contribution in [3.8, 4) is 0 Å². The van der Waals surface area contributed by atoms with Crippen LogP contribution in [-0.4, -0.2) is 15.7 Å². The Balaban J connectivity index is 1.80. The highest BCUT2D eigenvalue weighted by Gasteiger charge is 2.14. The zero-order valence-corrected chi connectivity index (χ0v) is 15.5. The first-order chi connectivity index (χ1) is 11.5. The molecule has 0 aliphatic rings. The van der Waals surface area contributed by atoms with E-state index in [2.05, 4.69) is 42.3 Å². The van der Waals surface area contributed by atoms with Gasteiger partial charge in [0.1, 0.15) is 11.6 Å². The molecule has 1 heterocycles. The number of aromatic nitrogens is 2. The fourth-order valence-electron chi connectivity index (χ4n) is 2.21. The zero-order valence-electron chi connectivity index (χ0n) is 12.3. The number of carbonyl (C=O) groups is 1. The van der Waals surface area contributed by atoms with Crippen LogP contribution in [0.5, 0.6) is 0 Å². The standard InChI is InChI=1S/C17H12Br2FN3O/c18-12-5-6-13(15(20)9-12)17(24)22-16-7-8-21-23(16)10-11-3-1-2-4-14(11)19/h1-9H,10H2,(H,22,24).